The average molecular weight is 349 g/mol. The normalized spacial score (nSPS) is 14.2. The molecule has 0 atom stereocenters. The largest absolute Gasteiger partial charge is 0.493 e. The third kappa shape index (κ3) is 3.15. The first-order valence-corrected chi connectivity index (χ1v) is 8.81. The molecule has 0 amide bonds. The number of pyridine rings is 1. The number of anilines is 1. The second-order valence-corrected chi connectivity index (χ2v) is 6.87. The zero-order valence-electron chi connectivity index (χ0n) is 15.1. The van der Waals surface area contributed by atoms with E-state index in [0.29, 0.717) is 12.4 Å². The average Bonchev–Trinajstić information content (AvgIpc) is 2.99. The standard InChI is InChI=1S/C20H23N5O/c1-23(2)16-7-5-6-15(12-16)13-24-11-9-18-17(14-24)20(26)25(22-18)19-8-3-4-10-21-19/h3-8,10,12,26H,9,11,13-14H2,1-2H3. The highest BCUT2D eigenvalue weighted by molar-refractivity contribution is 5.47. The lowest BCUT2D eigenvalue weighted by Crippen LogP contribution is -2.29. The van der Waals surface area contributed by atoms with E-state index in [1.165, 1.54) is 11.3 Å². The second-order valence-electron chi connectivity index (χ2n) is 6.87. The maximum absolute atomic E-state index is 10.7. The van der Waals surface area contributed by atoms with Crippen molar-refractivity contribution in [1.82, 2.24) is 19.7 Å². The van der Waals surface area contributed by atoms with Crippen molar-refractivity contribution in [1.29, 1.82) is 0 Å². The minimum atomic E-state index is 0.199. The fourth-order valence-corrected chi connectivity index (χ4v) is 3.38. The van der Waals surface area contributed by atoms with Crippen molar-refractivity contribution in [3.05, 3.63) is 65.5 Å². The highest BCUT2D eigenvalue weighted by atomic mass is 16.3. The van der Waals surface area contributed by atoms with E-state index >= 15 is 0 Å². The molecule has 0 saturated heterocycles. The Morgan fingerprint density at radius 1 is 1.15 bits per heavy atom. The first-order chi connectivity index (χ1) is 12.6. The molecule has 0 saturated carbocycles. The number of rotatable bonds is 4. The number of nitrogens with zero attached hydrogens (tertiary/aromatic N) is 5. The van der Waals surface area contributed by atoms with Gasteiger partial charge >= 0.3 is 0 Å². The highest BCUT2D eigenvalue weighted by Gasteiger charge is 2.25. The van der Waals surface area contributed by atoms with E-state index in [4.69, 9.17) is 0 Å². The predicted molar refractivity (Wildman–Crippen MR) is 102 cm³/mol. The van der Waals surface area contributed by atoms with Crippen LogP contribution in [0.15, 0.2) is 48.7 Å². The molecule has 0 bridgehead atoms. The van der Waals surface area contributed by atoms with Crippen LogP contribution in [0.25, 0.3) is 5.82 Å². The first-order valence-electron chi connectivity index (χ1n) is 8.81. The quantitative estimate of drug-likeness (QED) is 0.785. The summed E-state index contributed by atoms with van der Waals surface area (Å²) < 4.78 is 1.54. The number of hydrogen-bond acceptors (Lipinski definition) is 5. The van der Waals surface area contributed by atoms with Gasteiger partial charge in [0.15, 0.2) is 5.82 Å². The van der Waals surface area contributed by atoms with Gasteiger partial charge in [-0.15, -0.1) is 0 Å². The molecule has 1 aromatic carbocycles. The van der Waals surface area contributed by atoms with Gasteiger partial charge in [-0.25, -0.2) is 4.98 Å². The minimum absolute atomic E-state index is 0.199. The van der Waals surface area contributed by atoms with Crippen molar-refractivity contribution in [2.24, 2.45) is 0 Å². The Labute approximate surface area is 153 Å². The molecule has 0 aliphatic carbocycles. The maximum atomic E-state index is 10.7. The van der Waals surface area contributed by atoms with Crippen LogP contribution in [-0.2, 0) is 19.5 Å². The van der Waals surface area contributed by atoms with E-state index in [9.17, 15) is 5.11 Å². The second kappa shape index (κ2) is 6.80. The van der Waals surface area contributed by atoms with Crippen molar-refractivity contribution in [3.63, 3.8) is 0 Å². The molecule has 0 unspecified atom stereocenters. The summed E-state index contributed by atoms with van der Waals surface area (Å²) in [6, 6.07) is 14.2. The molecule has 0 spiro atoms. The number of fused-ring (bicyclic) bond motifs is 1. The molecule has 6 heteroatoms. The Bertz CT molecular complexity index is 904. The molecule has 1 aliphatic heterocycles. The van der Waals surface area contributed by atoms with Gasteiger partial charge in [0.05, 0.1) is 11.3 Å². The summed E-state index contributed by atoms with van der Waals surface area (Å²) in [5.41, 5.74) is 4.35. The summed E-state index contributed by atoms with van der Waals surface area (Å²) in [7, 11) is 4.10. The topological polar surface area (TPSA) is 57.4 Å². The maximum Gasteiger partial charge on any atom is 0.220 e. The van der Waals surface area contributed by atoms with Gasteiger partial charge in [0.25, 0.3) is 0 Å². The summed E-state index contributed by atoms with van der Waals surface area (Å²) >= 11 is 0. The first kappa shape index (κ1) is 16.6. The number of benzene rings is 1. The molecule has 134 valence electrons. The van der Waals surface area contributed by atoms with Gasteiger partial charge < -0.3 is 10.0 Å². The molecular weight excluding hydrogens is 326 g/mol. The molecule has 0 fully saturated rings. The van der Waals surface area contributed by atoms with E-state index in [-0.39, 0.29) is 5.88 Å². The fourth-order valence-electron chi connectivity index (χ4n) is 3.38. The molecule has 3 aromatic rings. The van der Waals surface area contributed by atoms with E-state index < -0.39 is 0 Å². The Morgan fingerprint density at radius 2 is 2.04 bits per heavy atom. The van der Waals surface area contributed by atoms with Crippen LogP contribution in [0.4, 0.5) is 5.69 Å². The summed E-state index contributed by atoms with van der Waals surface area (Å²) in [5, 5.41) is 15.2. The molecule has 1 aliphatic rings. The molecule has 2 aromatic heterocycles. The lowest BCUT2D eigenvalue weighted by Gasteiger charge is -2.26. The van der Waals surface area contributed by atoms with Crippen molar-refractivity contribution in [3.8, 4) is 11.7 Å². The monoisotopic (exact) mass is 349 g/mol. The van der Waals surface area contributed by atoms with Gasteiger partial charge in [0.2, 0.25) is 5.88 Å². The van der Waals surface area contributed by atoms with Crippen LogP contribution in [0.2, 0.25) is 0 Å². The number of aromatic hydroxyl groups is 1. The van der Waals surface area contributed by atoms with Crippen LogP contribution in [0.3, 0.4) is 0 Å². The lowest BCUT2D eigenvalue weighted by molar-refractivity contribution is 0.241. The Morgan fingerprint density at radius 3 is 2.81 bits per heavy atom. The van der Waals surface area contributed by atoms with Gasteiger partial charge in [-0.3, -0.25) is 4.90 Å². The molecule has 6 nitrogen and oxygen atoms in total. The van der Waals surface area contributed by atoms with E-state index in [1.54, 1.807) is 10.9 Å². The zero-order chi connectivity index (χ0) is 18.1. The summed E-state index contributed by atoms with van der Waals surface area (Å²) in [6.07, 6.45) is 2.54. The summed E-state index contributed by atoms with van der Waals surface area (Å²) in [5.74, 6) is 0.843. The highest BCUT2D eigenvalue weighted by Crippen LogP contribution is 2.30. The third-order valence-corrected chi connectivity index (χ3v) is 4.79. The molecule has 3 heterocycles. The van der Waals surface area contributed by atoms with Gasteiger partial charge in [0, 0.05) is 52.0 Å². The zero-order valence-corrected chi connectivity index (χ0v) is 15.1. The van der Waals surface area contributed by atoms with Crippen LogP contribution in [-0.4, -0.2) is 45.4 Å². The minimum Gasteiger partial charge on any atom is -0.493 e. The van der Waals surface area contributed by atoms with Crippen molar-refractivity contribution >= 4 is 5.69 Å². The van der Waals surface area contributed by atoms with Crippen LogP contribution >= 0.6 is 0 Å². The SMILES string of the molecule is CN(C)c1cccc(CN2CCc3nn(-c4ccccn4)c(O)c3C2)c1. The molecule has 0 radical (unpaired) electrons. The fraction of sp³-hybridized carbons (Fsp3) is 0.300. The predicted octanol–water partition coefficient (Wildman–Crippen LogP) is 2.60. The molecule has 1 N–H and O–H groups in total. The van der Waals surface area contributed by atoms with Crippen molar-refractivity contribution in [2.45, 2.75) is 19.5 Å². The van der Waals surface area contributed by atoms with Gasteiger partial charge in [-0.05, 0) is 29.8 Å². The van der Waals surface area contributed by atoms with E-state index in [1.807, 2.05) is 18.2 Å². The van der Waals surface area contributed by atoms with E-state index in [0.717, 1.165) is 30.8 Å². The Balaban J connectivity index is 1.55. The smallest absolute Gasteiger partial charge is 0.220 e. The Kier molecular flexibility index (Phi) is 4.34. The summed E-state index contributed by atoms with van der Waals surface area (Å²) in [6.45, 7) is 2.48. The van der Waals surface area contributed by atoms with Crippen LogP contribution in [0.5, 0.6) is 5.88 Å². The number of aromatic nitrogens is 3. The molecule has 26 heavy (non-hydrogen) atoms. The van der Waals surface area contributed by atoms with Gasteiger partial charge in [0.1, 0.15) is 0 Å². The lowest BCUT2D eigenvalue weighted by atomic mass is 10.1. The van der Waals surface area contributed by atoms with Gasteiger partial charge in [-0.1, -0.05) is 18.2 Å². The van der Waals surface area contributed by atoms with Crippen LogP contribution in [0.1, 0.15) is 16.8 Å². The van der Waals surface area contributed by atoms with E-state index in [2.05, 4.69) is 58.2 Å². The van der Waals surface area contributed by atoms with Crippen LogP contribution in [0, 0.1) is 0 Å². The Hall–Kier alpha value is -2.86. The van der Waals surface area contributed by atoms with Gasteiger partial charge in [-0.2, -0.15) is 9.78 Å². The van der Waals surface area contributed by atoms with Crippen molar-refractivity contribution in [2.75, 3.05) is 25.5 Å². The molecule has 4 rings (SSSR count). The molecular formula is C20H23N5O. The summed E-state index contributed by atoms with van der Waals surface area (Å²) in [4.78, 5) is 8.75. The van der Waals surface area contributed by atoms with Crippen molar-refractivity contribution < 1.29 is 5.11 Å². The van der Waals surface area contributed by atoms with Crippen LogP contribution < -0.4 is 4.90 Å². The third-order valence-electron chi connectivity index (χ3n) is 4.79. The number of hydrogen-bond donors (Lipinski definition) is 1.